The smallest absolute Gasteiger partial charge is 0.344 e. The molecule has 1 heterocycles. The van der Waals surface area contributed by atoms with E-state index in [1.54, 1.807) is 26.0 Å². The highest BCUT2D eigenvalue weighted by atomic mass is 79.9. The number of esters is 2. The fourth-order valence-corrected chi connectivity index (χ4v) is 3.88. The summed E-state index contributed by atoms with van der Waals surface area (Å²) in [6.07, 6.45) is 1.52. The summed E-state index contributed by atoms with van der Waals surface area (Å²) >= 11 is 6.75. The van der Waals surface area contributed by atoms with Crippen LogP contribution in [0.2, 0.25) is 0 Å². The molecule has 2 rings (SSSR count). The molecular formula is C17H17Br2N2O5+. The Kier molecular flexibility index (Phi) is 6.44. The molecule has 0 aromatic heterocycles. The van der Waals surface area contributed by atoms with Crippen molar-refractivity contribution >= 4 is 49.9 Å². The SMILES string of the molecule is CCOC(=O)C1=Cc2cc(Br)cc(Br)c2O[C@@]1([NH3+])[C@@H](C#N)C(=O)OCC. The molecule has 0 radical (unpaired) electrons. The van der Waals surface area contributed by atoms with E-state index in [1.807, 2.05) is 6.07 Å². The summed E-state index contributed by atoms with van der Waals surface area (Å²) in [4.78, 5) is 24.8. The Morgan fingerprint density at radius 1 is 1.31 bits per heavy atom. The van der Waals surface area contributed by atoms with Gasteiger partial charge in [-0.15, -0.1) is 0 Å². The van der Waals surface area contributed by atoms with Crippen molar-refractivity contribution in [1.29, 1.82) is 5.26 Å². The van der Waals surface area contributed by atoms with Gasteiger partial charge in [-0.25, -0.2) is 4.79 Å². The molecule has 138 valence electrons. The van der Waals surface area contributed by atoms with Crippen LogP contribution in [0.15, 0.2) is 26.7 Å². The molecule has 0 unspecified atom stereocenters. The average molecular weight is 489 g/mol. The van der Waals surface area contributed by atoms with Crippen LogP contribution in [0, 0.1) is 17.2 Å². The van der Waals surface area contributed by atoms with E-state index in [0.717, 1.165) is 4.47 Å². The van der Waals surface area contributed by atoms with E-state index in [9.17, 15) is 14.9 Å². The largest absolute Gasteiger partial charge is 0.465 e. The van der Waals surface area contributed by atoms with Gasteiger partial charge in [-0.1, -0.05) is 15.9 Å². The number of ether oxygens (including phenoxy) is 3. The maximum atomic E-state index is 12.5. The number of benzene rings is 1. The highest BCUT2D eigenvalue weighted by Crippen LogP contribution is 2.42. The molecule has 0 aliphatic carbocycles. The Labute approximate surface area is 167 Å². The van der Waals surface area contributed by atoms with Gasteiger partial charge in [-0.3, -0.25) is 4.79 Å². The average Bonchev–Trinajstić information content (AvgIpc) is 2.56. The molecule has 0 saturated heterocycles. The summed E-state index contributed by atoms with van der Waals surface area (Å²) in [5.41, 5.74) is 2.64. The standard InChI is InChI=1S/C17H16Br2N2O5/c1-3-24-15(22)11-6-9-5-10(18)7-13(19)14(9)26-17(11,21)12(8-20)16(23)25-4-2/h5-7,12H,3-4,21H2,1-2H3/p+1/t12-,17+/m0/s1. The normalized spacial score (nSPS) is 19.3. The van der Waals surface area contributed by atoms with E-state index >= 15 is 0 Å². The lowest BCUT2D eigenvalue weighted by Gasteiger charge is -2.34. The zero-order valence-corrected chi connectivity index (χ0v) is 17.3. The first-order valence-electron chi connectivity index (χ1n) is 7.77. The second kappa shape index (κ2) is 8.20. The molecule has 9 heteroatoms. The molecule has 0 fully saturated rings. The van der Waals surface area contributed by atoms with E-state index in [2.05, 4.69) is 37.6 Å². The third-order valence-electron chi connectivity index (χ3n) is 3.69. The Morgan fingerprint density at radius 2 is 1.96 bits per heavy atom. The number of halogens is 2. The Hall–Kier alpha value is -1.89. The summed E-state index contributed by atoms with van der Waals surface area (Å²) in [5, 5.41) is 9.56. The van der Waals surface area contributed by atoms with Crippen LogP contribution < -0.4 is 10.5 Å². The Morgan fingerprint density at radius 3 is 2.54 bits per heavy atom. The first-order chi connectivity index (χ1) is 12.3. The van der Waals surface area contributed by atoms with E-state index in [-0.39, 0.29) is 18.8 Å². The minimum absolute atomic E-state index is 0.0311. The number of hydrogen-bond donors (Lipinski definition) is 1. The zero-order chi connectivity index (χ0) is 19.5. The van der Waals surface area contributed by atoms with Gasteiger partial charge < -0.3 is 19.9 Å². The van der Waals surface area contributed by atoms with Gasteiger partial charge >= 0.3 is 11.9 Å². The molecule has 1 aromatic rings. The Balaban J connectivity index is 2.65. The zero-order valence-electron chi connectivity index (χ0n) is 14.2. The van der Waals surface area contributed by atoms with Gasteiger partial charge in [0.15, 0.2) is 0 Å². The fourth-order valence-electron chi connectivity index (χ4n) is 2.54. The van der Waals surface area contributed by atoms with Crippen molar-refractivity contribution in [3.05, 3.63) is 32.2 Å². The summed E-state index contributed by atoms with van der Waals surface area (Å²) in [5.74, 6) is -2.63. The van der Waals surface area contributed by atoms with Gasteiger partial charge in [-0.05, 0) is 48.0 Å². The van der Waals surface area contributed by atoms with Crippen LogP contribution >= 0.6 is 31.9 Å². The van der Waals surface area contributed by atoms with Crippen molar-refractivity contribution in [2.45, 2.75) is 19.6 Å². The minimum Gasteiger partial charge on any atom is -0.465 e. The lowest BCUT2D eigenvalue weighted by molar-refractivity contribution is -0.527. The van der Waals surface area contributed by atoms with Crippen molar-refractivity contribution in [1.82, 2.24) is 0 Å². The van der Waals surface area contributed by atoms with Gasteiger partial charge in [0.25, 0.3) is 5.72 Å². The highest BCUT2D eigenvalue weighted by molar-refractivity contribution is 9.11. The number of nitriles is 1. The third-order valence-corrected chi connectivity index (χ3v) is 4.74. The number of hydrogen-bond acceptors (Lipinski definition) is 6. The fraction of sp³-hybridized carbons (Fsp3) is 0.353. The number of carbonyl (C=O) groups is 2. The number of rotatable bonds is 5. The van der Waals surface area contributed by atoms with Crippen molar-refractivity contribution in [2.75, 3.05) is 13.2 Å². The predicted molar refractivity (Wildman–Crippen MR) is 98.4 cm³/mol. The van der Waals surface area contributed by atoms with Crippen LogP contribution in [0.4, 0.5) is 0 Å². The van der Waals surface area contributed by atoms with E-state index in [4.69, 9.17) is 14.2 Å². The van der Waals surface area contributed by atoms with E-state index in [0.29, 0.717) is 15.8 Å². The molecule has 0 saturated carbocycles. The lowest BCUT2D eigenvalue weighted by atomic mass is 9.86. The van der Waals surface area contributed by atoms with E-state index < -0.39 is 23.6 Å². The van der Waals surface area contributed by atoms with Crippen LogP contribution in [-0.4, -0.2) is 30.9 Å². The number of fused-ring (bicyclic) bond motifs is 1. The monoisotopic (exact) mass is 487 g/mol. The molecule has 7 nitrogen and oxygen atoms in total. The molecular weight excluding hydrogens is 472 g/mol. The molecule has 1 aliphatic rings. The summed E-state index contributed by atoms with van der Waals surface area (Å²) in [6, 6.07) is 5.34. The summed E-state index contributed by atoms with van der Waals surface area (Å²) < 4.78 is 17.3. The van der Waals surface area contributed by atoms with Gasteiger partial charge in [0.1, 0.15) is 11.3 Å². The van der Waals surface area contributed by atoms with Crippen molar-refractivity contribution in [2.24, 2.45) is 5.92 Å². The summed E-state index contributed by atoms with van der Waals surface area (Å²) in [6.45, 7) is 3.48. The maximum absolute atomic E-state index is 12.5. The van der Waals surface area contributed by atoms with Gasteiger partial charge in [0.2, 0.25) is 5.92 Å². The van der Waals surface area contributed by atoms with Crippen LogP contribution in [0.25, 0.3) is 6.08 Å². The van der Waals surface area contributed by atoms with Gasteiger partial charge in [-0.2, -0.15) is 5.26 Å². The van der Waals surface area contributed by atoms with E-state index in [1.165, 1.54) is 6.08 Å². The summed E-state index contributed by atoms with van der Waals surface area (Å²) in [7, 11) is 0. The number of quaternary nitrogens is 1. The van der Waals surface area contributed by atoms with Crippen molar-refractivity contribution in [3.8, 4) is 11.8 Å². The van der Waals surface area contributed by atoms with Crippen molar-refractivity contribution < 1.29 is 29.5 Å². The minimum atomic E-state index is -1.81. The number of carbonyl (C=O) groups excluding carboxylic acids is 2. The van der Waals surface area contributed by atoms with Crippen LogP contribution in [0.1, 0.15) is 19.4 Å². The second-order valence-electron chi connectivity index (χ2n) is 5.39. The number of nitrogens with zero attached hydrogens (tertiary/aromatic N) is 1. The molecule has 0 spiro atoms. The first kappa shape index (κ1) is 20.4. The molecule has 2 atom stereocenters. The molecule has 0 amide bonds. The van der Waals surface area contributed by atoms with Crippen LogP contribution in [0.5, 0.6) is 5.75 Å². The van der Waals surface area contributed by atoms with Gasteiger partial charge in [0, 0.05) is 10.0 Å². The molecule has 3 N–H and O–H groups in total. The quantitative estimate of drug-likeness (QED) is 0.635. The Bertz CT molecular complexity index is 818. The van der Waals surface area contributed by atoms with Crippen LogP contribution in [0.3, 0.4) is 0 Å². The maximum Gasteiger partial charge on any atom is 0.344 e. The molecule has 1 aromatic carbocycles. The molecule has 26 heavy (non-hydrogen) atoms. The first-order valence-corrected chi connectivity index (χ1v) is 9.36. The lowest BCUT2D eigenvalue weighted by Crippen LogP contribution is -2.82. The van der Waals surface area contributed by atoms with Gasteiger partial charge in [0.05, 0.1) is 23.8 Å². The van der Waals surface area contributed by atoms with Crippen LogP contribution in [-0.2, 0) is 19.1 Å². The van der Waals surface area contributed by atoms with Crippen molar-refractivity contribution in [3.63, 3.8) is 0 Å². The third kappa shape index (κ3) is 3.77. The second-order valence-corrected chi connectivity index (χ2v) is 7.16. The topological polar surface area (TPSA) is 113 Å². The predicted octanol–water partition coefficient (Wildman–Crippen LogP) is 2.19. The molecule has 0 bridgehead atoms. The highest BCUT2D eigenvalue weighted by Gasteiger charge is 2.56. The molecule has 1 aliphatic heterocycles.